The van der Waals surface area contributed by atoms with Crippen LogP contribution in [-0.4, -0.2) is 13.0 Å². The third-order valence-electron chi connectivity index (χ3n) is 3.25. The van der Waals surface area contributed by atoms with E-state index in [9.17, 15) is 4.79 Å². The van der Waals surface area contributed by atoms with E-state index in [1.807, 2.05) is 18.2 Å². The Balaban J connectivity index is 1.85. The normalized spacial score (nSPS) is 15.4. The van der Waals surface area contributed by atoms with Crippen molar-refractivity contribution in [3.63, 3.8) is 0 Å². The summed E-state index contributed by atoms with van der Waals surface area (Å²) in [6, 6.07) is 8.13. The van der Waals surface area contributed by atoms with Gasteiger partial charge in [0.2, 0.25) is 5.91 Å². The summed E-state index contributed by atoms with van der Waals surface area (Å²) in [4.78, 5) is 11.7. The van der Waals surface area contributed by atoms with E-state index in [0.29, 0.717) is 13.2 Å². The molecule has 1 amide bonds. The number of ether oxygens (including phenoxy) is 1. The first-order valence-electron chi connectivity index (χ1n) is 6.14. The molecule has 1 aliphatic rings. The lowest BCUT2D eigenvalue weighted by molar-refractivity contribution is -0.127. The maximum atomic E-state index is 11.7. The highest BCUT2D eigenvalue weighted by Gasteiger charge is 2.24. The van der Waals surface area contributed by atoms with E-state index in [0.717, 1.165) is 24.0 Å². The average molecular weight is 233 g/mol. The molecule has 3 nitrogen and oxygen atoms in total. The number of hydrogen-bond acceptors (Lipinski definition) is 2. The fraction of sp³-hybridized carbons (Fsp3) is 0.500. The molecule has 1 fully saturated rings. The second-order valence-electron chi connectivity index (χ2n) is 4.60. The molecular formula is C14H19NO2. The Kier molecular flexibility index (Phi) is 4.15. The van der Waals surface area contributed by atoms with Gasteiger partial charge in [0.15, 0.2) is 0 Å². The number of carbonyl (C=O) groups excluding carboxylic acids is 1. The van der Waals surface area contributed by atoms with Crippen molar-refractivity contribution in [3.8, 4) is 0 Å². The maximum absolute atomic E-state index is 11.7. The first-order chi connectivity index (χ1) is 8.29. The lowest BCUT2D eigenvalue weighted by atomic mass is 9.85. The molecular weight excluding hydrogens is 214 g/mol. The van der Waals surface area contributed by atoms with Crippen LogP contribution in [0.1, 0.15) is 30.4 Å². The Bertz CT molecular complexity index is 386. The Labute approximate surface area is 102 Å². The van der Waals surface area contributed by atoms with E-state index in [-0.39, 0.29) is 11.8 Å². The van der Waals surface area contributed by atoms with Crippen molar-refractivity contribution in [2.24, 2.45) is 5.92 Å². The van der Waals surface area contributed by atoms with Crippen LogP contribution in [0.2, 0.25) is 0 Å². The highest BCUT2D eigenvalue weighted by Crippen LogP contribution is 2.26. The third-order valence-corrected chi connectivity index (χ3v) is 3.25. The van der Waals surface area contributed by atoms with Gasteiger partial charge in [0.1, 0.15) is 0 Å². The van der Waals surface area contributed by atoms with Gasteiger partial charge >= 0.3 is 0 Å². The molecule has 0 radical (unpaired) electrons. The van der Waals surface area contributed by atoms with E-state index in [2.05, 4.69) is 11.4 Å². The highest BCUT2D eigenvalue weighted by atomic mass is 16.5. The number of nitrogens with one attached hydrogen (secondary N) is 1. The quantitative estimate of drug-likeness (QED) is 0.847. The predicted octanol–water partition coefficient (Wildman–Crippen LogP) is 2.25. The summed E-state index contributed by atoms with van der Waals surface area (Å²) in [5.41, 5.74) is 2.27. The molecule has 17 heavy (non-hydrogen) atoms. The zero-order chi connectivity index (χ0) is 12.1. The van der Waals surface area contributed by atoms with Crippen molar-refractivity contribution >= 4 is 5.91 Å². The monoisotopic (exact) mass is 233 g/mol. The summed E-state index contributed by atoms with van der Waals surface area (Å²) < 4.78 is 5.09. The van der Waals surface area contributed by atoms with Crippen LogP contribution < -0.4 is 5.32 Å². The standard InChI is InChI=1S/C14H19NO2/c1-17-10-12-5-2-4-11(8-12)9-15-14(16)13-6-3-7-13/h2,4-5,8,13H,3,6-7,9-10H2,1H3,(H,15,16). The summed E-state index contributed by atoms with van der Waals surface area (Å²) in [5.74, 6) is 0.463. The molecule has 0 bridgehead atoms. The van der Waals surface area contributed by atoms with Gasteiger partial charge in [0, 0.05) is 19.6 Å². The molecule has 92 valence electrons. The molecule has 3 heteroatoms. The Morgan fingerprint density at radius 2 is 2.18 bits per heavy atom. The van der Waals surface area contributed by atoms with Gasteiger partial charge in [-0.25, -0.2) is 0 Å². The van der Waals surface area contributed by atoms with Crippen molar-refractivity contribution in [1.82, 2.24) is 5.32 Å². The molecule has 0 aliphatic heterocycles. The molecule has 0 saturated heterocycles. The molecule has 0 unspecified atom stereocenters. The Hall–Kier alpha value is -1.35. The number of benzene rings is 1. The molecule has 1 aliphatic carbocycles. The largest absolute Gasteiger partial charge is 0.380 e. The van der Waals surface area contributed by atoms with Crippen LogP contribution in [0.15, 0.2) is 24.3 Å². The third kappa shape index (κ3) is 3.30. The molecule has 1 aromatic rings. The smallest absolute Gasteiger partial charge is 0.223 e. The second-order valence-corrected chi connectivity index (χ2v) is 4.60. The van der Waals surface area contributed by atoms with Crippen LogP contribution >= 0.6 is 0 Å². The molecule has 0 heterocycles. The zero-order valence-corrected chi connectivity index (χ0v) is 10.2. The van der Waals surface area contributed by atoms with Gasteiger partial charge in [-0.1, -0.05) is 30.7 Å². The summed E-state index contributed by atoms with van der Waals surface area (Å²) in [5, 5.41) is 2.99. The molecule has 2 rings (SSSR count). The van der Waals surface area contributed by atoms with Crippen molar-refractivity contribution < 1.29 is 9.53 Å². The molecule has 0 spiro atoms. The number of hydrogen-bond donors (Lipinski definition) is 1. The van der Waals surface area contributed by atoms with E-state index in [1.54, 1.807) is 7.11 Å². The van der Waals surface area contributed by atoms with E-state index in [4.69, 9.17) is 4.74 Å². The van der Waals surface area contributed by atoms with Crippen LogP contribution in [0.4, 0.5) is 0 Å². The molecule has 1 saturated carbocycles. The number of methoxy groups -OCH3 is 1. The lowest BCUT2D eigenvalue weighted by Gasteiger charge is -2.24. The minimum Gasteiger partial charge on any atom is -0.380 e. The van der Waals surface area contributed by atoms with Crippen LogP contribution in [-0.2, 0) is 22.7 Å². The van der Waals surface area contributed by atoms with Gasteiger partial charge in [0.25, 0.3) is 0 Å². The van der Waals surface area contributed by atoms with Gasteiger partial charge in [0.05, 0.1) is 6.61 Å². The minimum atomic E-state index is 0.202. The van der Waals surface area contributed by atoms with Crippen LogP contribution in [0.25, 0.3) is 0 Å². The number of rotatable bonds is 5. The second kappa shape index (κ2) is 5.82. The zero-order valence-electron chi connectivity index (χ0n) is 10.2. The molecule has 0 atom stereocenters. The fourth-order valence-electron chi connectivity index (χ4n) is 2.00. The topological polar surface area (TPSA) is 38.3 Å². The summed E-state index contributed by atoms with van der Waals surface area (Å²) in [7, 11) is 1.69. The predicted molar refractivity (Wildman–Crippen MR) is 66.3 cm³/mol. The van der Waals surface area contributed by atoms with Gasteiger partial charge in [-0.15, -0.1) is 0 Å². The average Bonchev–Trinajstić information content (AvgIpc) is 2.25. The fourth-order valence-corrected chi connectivity index (χ4v) is 2.00. The lowest BCUT2D eigenvalue weighted by Crippen LogP contribution is -2.33. The summed E-state index contributed by atoms with van der Waals surface area (Å²) >= 11 is 0. The number of carbonyl (C=O) groups is 1. The van der Waals surface area contributed by atoms with Crippen molar-refractivity contribution in [2.75, 3.05) is 7.11 Å². The van der Waals surface area contributed by atoms with E-state index >= 15 is 0 Å². The molecule has 1 aromatic carbocycles. The first kappa shape index (κ1) is 12.1. The Morgan fingerprint density at radius 3 is 2.82 bits per heavy atom. The van der Waals surface area contributed by atoms with Crippen LogP contribution in [0.5, 0.6) is 0 Å². The molecule has 0 aromatic heterocycles. The van der Waals surface area contributed by atoms with E-state index in [1.165, 1.54) is 6.42 Å². The van der Waals surface area contributed by atoms with E-state index < -0.39 is 0 Å². The molecule has 1 N–H and O–H groups in total. The van der Waals surface area contributed by atoms with Gasteiger partial charge in [-0.2, -0.15) is 0 Å². The first-order valence-corrected chi connectivity index (χ1v) is 6.14. The van der Waals surface area contributed by atoms with Crippen molar-refractivity contribution in [1.29, 1.82) is 0 Å². The van der Waals surface area contributed by atoms with Gasteiger partial charge < -0.3 is 10.1 Å². The highest BCUT2D eigenvalue weighted by molar-refractivity contribution is 5.79. The van der Waals surface area contributed by atoms with Crippen LogP contribution in [0, 0.1) is 5.92 Å². The van der Waals surface area contributed by atoms with Gasteiger partial charge in [-0.3, -0.25) is 4.79 Å². The van der Waals surface area contributed by atoms with Crippen molar-refractivity contribution in [2.45, 2.75) is 32.4 Å². The Morgan fingerprint density at radius 1 is 1.41 bits per heavy atom. The maximum Gasteiger partial charge on any atom is 0.223 e. The summed E-state index contributed by atoms with van der Waals surface area (Å²) in [6.07, 6.45) is 3.30. The van der Waals surface area contributed by atoms with Crippen LogP contribution in [0.3, 0.4) is 0 Å². The van der Waals surface area contributed by atoms with Gasteiger partial charge in [-0.05, 0) is 24.0 Å². The SMILES string of the molecule is COCc1cccc(CNC(=O)C2CCC2)c1. The number of amides is 1. The van der Waals surface area contributed by atoms with Crippen molar-refractivity contribution in [3.05, 3.63) is 35.4 Å². The minimum absolute atomic E-state index is 0.202. The summed E-state index contributed by atoms with van der Waals surface area (Å²) in [6.45, 7) is 1.23.